The SMILES string of the molecule is CC1=C(/C=C/C(C)=C/C=C\C(C)=C\C#C/C=C(\C)C#C/C=C(\C)C/C=C2\C(C)CCCC2(C)C)C(C)(C)CCC1. The zero-order valence-corrected chi connectivity index (χ0v) is 27.2. The van der Waals surface area contributed by atoms with Crippen molar-refractivity contribution in [3.05, 3.63) is 93.7 Å². The van der Waals surface area contributed by atoms with Crippen molar-refractivity contribution >= 4 is 0 Å². The van der Waals surface area contributed by atoms with Gasteiger partial charge in [0, 0.05) is 5.57 Å². The third-order valence-corrected chi connectivity index (χ3v) is 8.43. The van der Waals surface area contributed by atoms with E-state index in [9.17, 15) is 0 Å². The Morgan fingerprint density at radius 3 is 2.25 bits per heavy atom. The Hall–Kier alpha value is -2.96. The average Bonchev–Trinajstić information content (AvgIpc) is 2.85. The maximum absolute atomic E-state index is 3.21. The average molecular weight is 535 g/mol. The summed E-state index contributed by atoms with van der Waals surface area (Å²) in [6, 6.07) is 0. The van der Waals surface area contributed by atoms with Gasteiger partial charge in [-0.1, -0.05) is 123 Å². The van der Waals surface area contributed by atoms with E-state index in [2.05, 4.69) is 129 Å². The minimum absolute atomic E-state index is 0.281. The highest BCUT2D eigenvalue weighted by molar-refractivity contribution is 5.40. The van der Waals surface area contributed by atoms with Crippen molar-refractivity contribution in [1.29, 1.82) is 0 Å². The molecule has 0 N–H and O–H groups in total. The van der Waals surface area contributed by atoms with Crippen molar-refractivity contribution in [2.45, 2.75) is 114 Å². The van der Waals surface area contributed by atoms with Crippen LogP contribution in [0.1, 0.15) is 114 Å². The van der Waals surface area contributed by atoms with Gasteiger partial charge < -0.3 is 0 Å². The maximum atomic E-state index is 3.21. The summed E-state index contributed by atoms with van der Waals surface area (Å²) >= 11 is 0. The van der Waals surface area contributed by atoms with Crippen LogP contribution in [0.3, 0.4) is 0 Å². The zero-order valence-electron chi connectivity index (χ0n) is 27.2. The molecule has 2 aliphatic carbocycles. The molecule has 0 heteroatoms. The van der Waals surface area contributed by atoms with Gasteiger partial charge in [-0.05, 0) is 119 Å². The van der Waals surface area contributed by atoms with E-state index in [4.69, 9.17) is 0 Å². The third-order valence-electron chi connectivity index (χ3n) is 8.43. The van der Waals surface area contributed by atoms with Gasteiger partial charge in [0.05, 0.1) is 0 Å². The van der Waals surface area contributed by atoms with Gasteiger partial charge in [0.2, 0.25) is 0 Å². The fourth-order valence-electron chi connectivity index (χ4n) is 5.92. The van der Waals surface area contributed by atoms with Crippen LogP contribution in [0, 0.1) is 40.4 Å². The van der Waals surface area contributed by atoms with Crippen molar-refractivity contribution in [2.24, 2.45) is 16.7 Å². The smallest absolute Gasteiger partial charge is 0.00763 e. The highest BCUT2D eigenvalue weighted by Crippen LogP contribution is 2.43. The highest BCUT2D eigenvalue weighted by atomic mass is 14.4. The fourth-order valence-corrected chi connectivity index (χ4v) is 5.92. The van der Waals surface area contributed by atoms with E-state index in [1.165, 1.54) is 60.8 Å². The van der Waals surface area contributed by atoms with Crippen molar-refractivity contribution in [1.82, 2.24) is 0 Å². The molecule has 2 aliphatic rings. The summed E-state index contributed by atoms with van der Waals surface area (Å²) in [5, 5.41) is 0. The molecule has 0 aliphatic heterocycles. The molecule has 1 unspecified atom stereocenters. The Morgan fingerprint density at radius 1 is 0.850 bits per heavy atom. The quantitative estimate of drug-likeness (QED) is 0.180. The van der Waals surface area contributed by atoms with Crippen LogP contribution in [0.25, 0.3) is 0 Å². The highest BCUT2D eigenvalue weighted by Gasteiger charge is 2.30. The third kappa shape index (κ3) is 11.3. The molecule has 0 spiro atoms. The Bertz CT molecular complexity index is 1260. The number of hydrogen-bond acceptors (Lipinski definition) is 0. The van der Waals surface area contributed by atoms with E-state index >= 15 is 0 Å². The number of allylic oxidation sites excluding steroid dienone is 16. The lowest BCUT2D eigenvalue weighted by molar-refractivity contribution is 0.288. The molecule has 214 valence electrons. The number of rotatable bonds is 6. The van der Waals surface area contributed by atoms with Crippen LogP contribution in [0.2, 0.25) is 0 Å². The van der Waals surface area contributed by atoms with Crippen molar-refractivity contribution in [2.75, 3.05) is 0 Å². The summed E-state index contributed by atoms with van der Waals surface area (Å²) in [5.74, 6) is 13.4. The predicted octanol–water partition coefficient (Wildman–Crippen LogP) is 11.6. The fraction of sp³-hybridized carbons (Fsp3) is 0.500. The van der Waals surface area contributed by atoms with Crippen LogP contribution < -0.4 is 0 Å². The molecule has 0 nitrogen and oxygen atoms in total. The minimum Gasteiger partial charge on any atom is -0.0804 e. The van der Waals surface area contributed by atoms with Gasteiger partial charge in [-0.15, -0.1) is 0 Å². The molecule has 0 bridgehead atoms. The van der Waals surface area contributed by atoms with Gasteiger partial charge in [0.1, 0.15) is 0 Å². The van der Waals surface area contributed by atoms with Crippen molar-refractivity contribution in [3.8, 4) is 23.7 Å². The van der Waals surface area contributed by atoms with E-state index in [0.29, 0.717) is 11.3 Å². The molecule has 0 aromatic rings. The lowest BCUT2D eigenvalue weighted by atomic mass is 9.68. The van der Waals surface area contributed by atoms with E-state index in [-0.39, 0.29) is 5.41 Å². The van der Waals surface area contributed by atoms with Gasteiger partial charge in [0.15, 0.2) is 0 Å². The van der Waals surface area contributed by atoms with Crippen LogP contribution in [0.15, 0.2) is 93.7 Å². The molecule has 0 aromatic carbocycles. The van der Waals surface area contributed by atoms with E-state index < -0.39 is 0 Å². The topological polar surface area (TPSA) is 0 Å². The summed E-state index contributed by atoms with van der Waals surface area (Å²) in [4.78, 5) is 0. The molecular weight excluding hydrogens is 480 g/mol. The summed E-state index contributed by atoms with van der Waals surface area (Å²) in [7, 11) is 0. The molecule has 0 aromatic heterocycles. The van der Waals surface area contributed by atoms with Crippen LogP contribution in [-0.2, 0) is 0 Å². The van der Waals surface area contributed by atoms with Crippen LogP contribution in [0.4, 0.5) is 0 Å². The minimum atomic E-state index is 0.281. The molecule has 0 heterocycles. The molecule has 0 radical (unpaired) electrons. The summed E-state index contributed by atoms with van der Waals surface area (Å²) in [6.45, 7) is 22.6. The lowest BCUT2D eigenvalue weighted by Gasteiger charge is -2.37. The Kier molecular flexibility index (Phi) is 13.1. The zero-order chi connectivity index (χ0) is 29.8. The van der Waals surface area contributed by atoms with Crippen molar-refractivity contribution < 1.29 is 0 Å². The van der Waals surface area contributed by atoms with Gasteiger partial charge >= 0.3 is 0 Å². The van der Waals surface area contributed by atoms with E-state index in [1.807, 2.05) is 19.1 Å². The lowest BCUT2D eigenvalue weighted by Crippen LogP contribution is -2.24. The summed E-state index contributed by atoms with van der Waals surface area (Å²) in [5.41, 5.74) is 9.96. The molecule has 1 saturated carbocycles. The second kappa shape index (κ2) is 15.7. The van der Waals surface area contributed by atoms with Crippen LogP contribution in [0.5, 0.6) is 0 Å². The maximum Gasteiger partial charge on any atom is 0.00763 e. The largest absolute Gasteiger partial charge is 0.0804 e. The first kappa shape index (κ1) is 33.2. The van der Waals surface area contributed by atoms with Gasteiger partial charge in [-0.2, -0.15) is 0 Å². The molecule has 0 amide bonds. The van der Waals surface area contributed by atoms with Gasteiger partial charge in [0.25, 0.3) is 0 Å². The van der Waals surface area contributed by atoms with Crippen LogP contribution >= 0.6 is 0 Å². The monoisotopic (exact) mass is 534 g/mol. The Balaban J connectivity index is 1.90. The summed E-state index contributed by atoms with van der Waals surface area (Å²) < 4.78 is 0. The molecule has 0 saturated heterocycles. The number of hydrogen-bond donors (Lipinski definition) is 0. The Morgan fingerprint density at radius 2 is 1.55 bits per heavy atom. The molecule has 1 fully saturated rings. The van der Waals surface area contributed by atoms with Crippen LogP contribution in [-0.4, -0.2) is 0 Å². The first-order valence-electron chi connectivity index (χ1n) is 15.3. The second-order valence-corrected chi connectivity index (χ2v) is 13.3. The standard InChI is InChI=1S/C40H54/c1-31(19-13-21-33(3)25-27-37-35(5)23-15-29-39(37,7)8)17-11-12-18-32(2)20-14-22-34(4)26-28-38-36(6)24-16-30-40(38,9)10/h13,17-19,21-22,25,27-28,36H,15-16,23-24,26,29-30H2,1-10H3/b19-13-,27-25+,31-17+,32-18+,33-21+,34-22+,38-28+. The molecule has 1 atom stereocenters. The summed E-state index contributed by atoms with van der Waals surface area (Å²) in [6.07, 6.45) is 28.1. The van der Waals surface area contributed by atoms with Gasteiger partial charge in [-0.3, -0.25) is 0 Å². The van der Waals surface area contributed by atoms with E-state index in [0.717, 1.165) is 17.6 Å². The second-order valence-electron chi connectivity index (χ2n) is 13.3. The van der Waals surface area contributed by atoms with Crippen molar-refractivity contribution in [3.63, 3.8) is 0 Å². The Labute approximate surface area is 247 Å². The molecule has 40 heavy (non-hydrogen) atoms. The first-order valence-corrected chi connectivity index (χ1v) is 15.3. The van der Waals surface area contributed by atoms with Gasteiger partial charge in [-0.25, -0.2) is 0 Å². The molecular formula is C40H54. The normalized spacial score (nSPS) is 23.4. The van der Waals surface area contributed by atoms with E-state index in [1.54, 1.807) is 5.57 Å². The first-order chi connectivity index (χ1) is 18.8. The predicted molar refractivity (Wildman–Crippen MR) is 179 cm³/mol. The molecule has 2 rings (SSSR count).